The van der Waals surface area contributed by atoms with Crippen molar-refractivity contribution in [2.24, 2.45) is 0 Å². The zero-order valence-electron chi connectivity index (χ0n) is 21.1. The number of aliphatic hydroxyl groups excluding tert-OH is 1. The number of aliphatic hydroxyl groups is 1. The lowest BCUT2D eigenvalue weighted by atomic mass is 9.98. The highest BCUT2D eigenvalue weighted by atomic mass is 16.2. The SMILES string of the molecule is C=C(C)c1cc(-c2ccc(-c3ccc(CC)cc3)cc2)nc2ccccc12.C=O.CCC.CO. The second kappa shape index (κ2) is 15.3. The fraction of sp³-hybridized carbons (Fsp3) is 0.226. The van der Waals surface area contributed by atoms with Crippen molar-refractivity contribution < 1.29 is 9.90 Å². The van der Waals surface area contributed by atoms with Gasteiger partial charge in [-0.1, -0.05) is 106 Å². The Morgan fingerprint density at radius 3 is 1.76 bits per heavy atom. The number of rotatable bonds is 4. The normalized spacial score (nSPS) is 9.47. The van der Waals surface area contributed by atoms with E-state index in [4.69, 9.17) is 14.9 Å². The second-order valence-corrected chi connectivity index (χ2v) is 7.69. The number of allylic oxidation sites excluding steroid dienone is 1. The molecule has 1 aromatic heterocycles. The molecule has 0 spiro atoms. The van der Waals surface area contributed by atoms with Crippen LogP contribution >= 0.6 is 0 Å². The topological polar surface area (TPSA) is 50.2 Å². The minimum absolute atomic E-state index is 0.986. The van der Waals surface area contributed by atoms with E-state index in [9.17, 15) is 0 Å². The van der Waals surface area contributed by atoms with Crippen LogP contribution in [0, 0.1) is 0 Å². The molecule has 0 radical (unpaired) electrons. The Hall–Kier alpha value is -3.56. The highest BCUT2D eigenvalue weighted by molar-refractivity contribution is 5.93. The average molecular weight is 456 g/mol. The van der Waals surface area contributed by atoms with Crippen LogP contribution in [-0.2, 0) is 11.2 Å². The molecule has 34 heavy (non-hydrogen) atoms. The maximum atomic E-state index is 8.00. The third-order valence-electron chi connectivity index (χ3n) is 5.05. The number of aromatic nitrogens is 1. The van der Waals surface area contributed by atoms with Gasteiger partial charge in [0.15, 0.2) is 0 Å². The molecular formula is C31H37NO2. The number of carbonyl (C=O) groups is 1. The van der Waals surface area contributed by atoms with E-state index in [1.165, 1.54) is 23.1 Å². The van der Waals surface area contributed by atoms with Gasteiger partial charge in [0.1, 0.15) is 6.79 Å². The van der Waals surface area contributed by atoms with E-state index in [-0.39, 0.29) is 0 Å². The van der Waals surface area contributed by atoms with Crippen molar-refractivity contribution in [2.75, 3.05) is 7.11 Å². The van der Waals surface area contributed by atoms with Crippen molar-refractivity contribution in [2.45, 2.75) is 40.5 Å². The predicted octanol–water partition coefficient (Wildman–Crippen LogP) is 8.00. The molecule has 3 heteroatoms. The summed E-state index contributed by atoms with van der Waals surface area (Å²) < 4.78 is 0. The van der Waals surface area contributed by atoms with E-state index in [1.807, 2.05) is 12.9 Å². The molecule has 0 aliphatic carbocycles. The molecule has 3 aromatic carbocycles. The van der Waals surface area contributed by atoms with Crippen LogP contribution in [-0.4, -0.2) is 24.0 Å². The molecule has 178 valence electrons. The Labute approximate surface area is 204 Å². The van der Waals surface area contributed by atoms with Crippen LogP contribution in [0.5, 0.6) is 0 Å². The van der Waals surface area contributed by atoms with E-state index in [0.717, 1.165) is 46.8 Å². The van der Waals surface area contributed by atoms with Crippen LogP contribution in [0.3, 0.4) is 0 Å². The van der Waals surface area contributed by atoms with Gasteiger partial charge in [-0.05, 0) is 47.7 Å². The van der Waals surface area contributed by atoms with Gasteiger partial charge < -0.3 is 9.90 Å². The second-order valence-electron chi connectivity index (χ2n) is 7.69. The van der Waals surface area contributed by atoms with Crippen LogP contribution in [0.25, 0.3) is 38.9 Å². The molecule has 1 N–H and O–H groups in total. The zero-order chi connectivity index (χ0) is 25.5. The third kappa shape index (κ3) is 7.50. The van der Waals surface area contributed by atoms with Gasteiger partial charge in [-0.15, -0.1) is 0 Å². The molecule has 0 unspecified atom stereocenters. The molecule has 4 rings (SSSR count). The Morgan fingerprint density at radius 2 is 1.26 bits per heavy atom. The van der Waals surface area contributed by atoms with E-state index >= 15 is 0 Å². The van der Waals surface area contributed by atoms with Crippen molar-refractivity contribution in [3.63, 3.8) is 0 Å². The third-order valence-corrected chi connectivity index (χ3v) is 5.05. The predicted molar refractivity (Wildman–Crippen MR) is 148 cm³/mol. The number of fused-ring (bicyclic) bond motifs is 1. The number of carbonyl (C=O) groups excluding carboxylic acids is 1. The van der Waals surface area contributed by atoms with Crippen LogP contribution in [0.2, 0.25) is 0 Å². The summed E-state index contributed by atoms with van der Waals surface area (Å²) in [6.07, 6.45) is 2.32. The summed E-state index contributed by atoms with van der Waals surface area (Å²) in [6.45, 7) is 14.6. The Morgan fingerprint density at radius 1 is 0.794 bits per heavy atom. The monoisotopic (exact) mass is 455 g/mol. The Kier molecular flexibility index (Phi) is 12.8. The van der Waals surface area contributed by atoms with Gasteiger partial charge in [0, 0.05) is 18.1 Å². The van der Waals surface area contributed by atoms with Crippen molar-refractivity contribution in [1.29, 1.82) is 0 Å². The molecule has 0 aliphatic rings. The summed E-state index contributed by atoms with van der Waals surface area (Å²) in [4.78, 5) is 12.9. The smallest absolute Gasteiger partial charge is 0.106 e. The molecule has 1 heterocycles. The van der Waals surface area contributed by atoms with E-state index in [0.29, 0.717) is 0 Å². The molecule has 0 bridgehead atoms. The molecule has 0 aliphatic heterocycles. The standard InChI is InChI=1S/C26H23N.C3H8.CH4O.CH2O/c1-4-19-9-11-20(12-10-19)21-13-15-22(16-14-21)26-17-24(18(2)3)23-7-5-6-8-25(23)27-26;1-3-2;2*1-2/h5-17H,2,4H2,1,3H3;3H2,1-2H3;2H,1H3;1H2. The number of nitrogens with zero attached hydrogens (tertiary/aromatic N) is 1. The summed E-state index contributed by atoms with van der Waals surface area (Å²) in [6, 6.07) is 27.9. The molecule has 4 aromatic rings. The number of benzene rings is 3. The first kappa shape index (κ1) is 28.5. The maximum absolute atomic E-state index is 8.00. The summed E-state index contributed by atoms with van der Waals surface area (Å²) >= 11 is 0. The van der Waals surface area contributed by atoms with Gasteiger partial charge >= 0.3 is 0 Å². The fourth-order valence-electron chi connectivity index (χ4n) is 3.44. The lowest BCUT2D eigenvalue weighted by Gasteiger charge is -2.10. The van der Waals surface area contributed by atoms with Crippen LogP contribution in [0.15, 0.2) is 85.4 Å². The quantitative estimate of drug-likeness (QED) is 0.339. The van der Waals surface area contributed by atoms with Crippen molar-refractivity contribution in [3.05, 3.63) is 96.6 Å². The minimum atomic E-state index is 0.986. The number of para-hydroxylation sites is 1. The Bertz CT molecular complexity index is 1150. The van der Waals surface area contributed by atoms with Gasteiger partial charge in [0.05, 0.1) is 11.2 Å². The molecule has 0 saturated carbocycles. The van der Waals surface area contributed by atoms with Gasteiger partial charge in [0.25, 0.3) is 0 Å². The highest BCUT2D eigenvalue weighted by Crippen LogP contribution is 2.30. The lowest BCUT2D eigenvalue weighted by Crippen LogP contribution is -1.91. The van der Waals surface area contributed by atoms with Gasteiger partial charge in [0.2, 0.25) is 0 Å². The van der Waals surface area contributed by atoms with Gasteiger partial charge in [-0.3, -0.25) is 0 Å². The first-order chi connectivity index (χ1) is 16.6. The molecule has 0 saturated heterocycles. The number of hydrogen-bond donors (Lipinski definition) is 1. The summed E-state index contributed by atoms with van der Waals surface area (Å²) in [5.41, 5.74) is 9.17. The van der Waals surface area contributed by atoms with E-state index < -0.39 is 0 Å². The van der Waals surface area contributed by atoms with E-state index in [1.54, 1.807) is 0 Å². The first-order valence-electron chi connectivity index (χ1n) is 11.6. The van der Waals surface area contributed by atoms with Gasteiger partial charge in [-0.25, -0.2) is 4.98 Å². The van der Waals surface area contributed by atoms with Crippen LogP contribution in [0.1, 0.15) is 45.2 Å². The van der Waals surface area contributed by atoms with Crippen molar-refractivity contribution in [1.82, 2.24) is 4.98 Å². The van der Waals surface area contributed by atoms with Crippen molar-refractivity contribution >= 4 is 23.3 Å². The highest BCUT2D eigenvalue weighted by Gasteiger charge is 2.08. The largest absolute Gasteiger partial charge is 0.400 e. The van der Waals surface area contributed by atoms with Crippen LogP contribution < -0.4 is 0 Å². The molecule has 0 amide bonds. The average Bonchev–Trinajstić information content (AvgIpc) is 2.91. The lowest BCUT2D eigenvalue weighted by molar-refractivity contribution is -0.0979. The molecule has 3 nitrogen and oxygen atoms in total. The zero-order valence-corrected chi connectivity index (χ0v) is 21.1. The summed E-state index contributed by atoms with van der Waals surface area (Å²) in [5.74, 6) is 0. The number of hydrogen-bond acceptors (Lipinski definition) is 3. The number of aryl methyl sites for hydroxylation is 1. The minimum Gasteiger partial charge on any atom is -0.400 e. The summed E-state index contributed by atoms with van der Waals surface area (Å²) in [7, 11) is 1.00. The molecule has 0 atom stereocenters. The maximum Gasteiger partial charge on any atom is 0.106 e. The summed E-state index contributed by atoms with van der Waals surface area (Å²) in [5, 5.41) is 8.15. The fourth-order valence-corrected chi connectivity index (χ4v) is 3.44. The van der Waals surface area contributed by atoms with Crippen LogP contribution in [0.4, 0.5) is 0 Å². The Balaban J connectivity index is 0.000000750. The first-order valence-corrected chi connectivity index (χ1v) is 11.6. The van der Waals surface area contributed by atoms with E-state index in [2.05, 4.69) is 107 Å². The van der Waals surface area contributed by atoms with Gasteiger partial charge in [-0.2, -0.15) is 0 Å². The van der Waals surface area contributed by atoms with Crippen molar-refractivity contribution in [3.8, 4) is 22.4 Å². The number of pyridine rings is 1. The molecule has 0 fully saturated rings. The molecular weight excluding hydrogens is 418 g/mol.